The average molecular weight is 306 g/mol. The van der Waals surface area contributed by atoms with Crippen LogP contribution < -0.4 is 5.32 Å². The van der Waals surface area contributed by atoms with Crippen molar-refractivity contribution in [1.82, 2.24) is 4.98 Å². The molecule has 0 radical (unpaired) electrons. The molecule has 1 heterocycles. The van der Waals surface area contributed by atoms with E-state index in [0.717, 1.165) is 29.2 Å². The molecule has 1 aromatic rings. The van der Waals surface area contributed by atoms with Crippen LogP contribution in [0, 0.1) is 24.0 Å². The first-order valence-electron chi connectivity index (χ1n) is 5.90. The summed E-state index contributed by atoms with van der Waals surface area (Å²) >= 11 is 1.68. The van der Waals surface area contributed by atoms with Crippen LogP contribution in [-0.4, -0.2) is 28.5 Å². The largest absolute Gasteiger partial charge is 0.383 e. The number of anilines is 1. The molecule has 0 saturated heterocycles. The van der Waals surface area contributed by atoms with Crippen LogP contribution in [0.4, 0.5) is 11.4 Å². The van der Waals surface area contributed by atoms with Gasteiger partial charge in [-0.05, 0) is 39.2 Å². The minimum atomic E-state index is -0.321. The number of halogens is 1. The van der Waals surface area contributed by atoms with Crippen LogP contribution in [0.25, 0.3) is 0 Å². The first-order valence-corrected chi connectivity index (χ1v) is 7.29. The number of nitrogens with zero attached hydrogens (tertiary/aromatic N) is 2. The van der Waals surface area contributed by atoms with Crippen molar-refractivity contribution in [2.45, 2.75) is 27.2 Å². The minimum Gasteiger partial charge on any atom is -0.383 e. The van der Waals surface area contributed by atoms with Crippen molar-refractivity contribution in [1.29, 1.82) is 0 Å². The third-order valence-corrected chi connectivity index (χ3v) is 3.33. The molecular formula is C12H20ClN3O2S. The maximum Gasteiger partial charge on any atom is 0.295 e. The number of aromatic nitrogens is 1. The summed E-state index contributed by atoms with van der Waals surface area (Å²) in [5.74, 6) is 0.863. The van der Waals surface area contributed by atoms with E-state index < -0.39 is 0 Å². The Morgan fingerprint density at radius 1 is 1.37 bits per heavy atom. The van der Waals surface area contributed by atoms with Crippen molar-refractivity contribution < 1.29 is 4.92 Å². The summed E-state index contributed by atoms with van der Waals surface area (Å²) in [6.45, 7) is 6.29. The van der Waals surface area contributed by atoms with Gasteiger partial charge in [0.25, 0.3) is 5.69 Å². The standard InChI is InChI=1S/C12H19N3O2S.ClH/c1-5-13-11-8(2)14-9(3)12(15(16)17)10(11)6-7-18-4;/h13H,5-7H2,1-4H3;1H. The maximum atomic E-state index is 11.2. The fraction of sp³-hybridized carbons (Fsp3) is 0.583. The number of hydrogen-bond acceptors (Lipinski definition) is 5. The van der Waals surface area contributed by atoms with Crippen LogP contribution in [0.5, 0.6) is 0 Å². The summed E-state index contributed by atoms with van der Waals surface area (Å²) in [6.07, 6.45) is 2.68. The normalized spacial score (nSPS) is 9.89. The average Bonchev–Trinajstić information content (AvgIpc) is 2.29. The molecule has 108 valence electrons. The van der Waals surface area contributed by atoms with E-state index in [-0.39, 0.29) is 23.0 Å². The van der Waals surface area contributed by atoms with Crippen molar-refractivity contribution in [2.24, 2.45) is 0 Å². The van der Waals surface area contributed by atoms with Gasteiger partial charge in [0.15, 0.2) is 0 Å². The number of nitro groups is 1. The quantitative estimate of drug-likeness (QED) is 0.644. The van der Waals surface area contributed by atoms with E-state index in [0.29, 0.717) is 12.1 Å². The van der Waals surface area contributed by atoms with Crippen LogP contribution in [0.2, 0.25) is 0 Å². The van der Waals surface area contributed by atoms with Crippen LogP contribution in [0.3, 0.4) is 0 Å². The molecule has 1 rings (SSSR count). The van der Waals surface area contributed by atoms with Crippen molar-refractivity contribution in [3.63, 3.8) is 0 Å². The van der Waals surface area contributed by atoms with E-state index in [2.05, 4.69) is 10.3 Å². The van der Waals surface area contributed by atoms with Crippen molar-refractivity contribution >= 4 is 35.5 Å². The van der Waals surface area contributed by atoms with Gasteiger partial charge in [0.2, 0.25) is 0 Å². The van der Waals surface area contributed by atoms with Crippen LogP contribution in [-0.2, 0) is 6.42 Å². The van der Waals surface area contributed by atoms with E-state index in [1.165, 1.54) is 0 Å². The lowest BCUT2D eigenvalue weighted by molar-refractivity contribution is -0.386. The highest BCUT2D eigenvalue weighted by Gasteiger charge is 2.23. The number of pyridine rings is 1. The number of rotatable bonds is 6. The molecule has 0 saturated carbocycles. The third kappa shape index (κ3) is 4.24. The Morgan fingerprint density at radius 3 is 2.47 bits per heavy atom. The Bertz CT molecular complexity index is 455. The second-order valence-electron chi connectivity index (χ2n) is 4.02. The Labute approximate surface area is 124 Å². The summed E-state index contributed by atoms with van der Waals surface area (Å²) in [5.41, 5.74) is 3.09. The van der Waals surface area contributed by atoms with Gasteiger partial charge in [0.1, 0.15) is 5.69 Å². The van der Waals surface area contributed by atoms with Gasteiger partial charge in [-0.25, -0.2) is 4.98 Å². The lowest BCUT2D eigenvalue weighted by Gasteiger charge is -2.14. The maximum absolute atomic E-state index is 11.2. The van der Waals surface area contributed by atoms with E-state index in [4.69, 9.17) is 0 Å². The molecule has 1 N–H and O–H groups in total. The van der Waals surface area contributed by atoms with E-state index >= 15 is 0 Å². The zero-order chi connectivity index (χ0) is 13.7. The van der Waals surface area contributed by atoms with Gasteiger partial charge < -0.3 is 5.32 Å². The summed E-state index contributed by atoms with van der Waals surface area (Å²) in [6, 6.07) is 0. The van der Waals surface area contributed by atoms with Gasteiger partial charge in [-0.1, -0.05) is 0 Å². The molecule has 0 aliphatic heterocycles. The second-order valence-corrected chi connectivity index (χ2v) is 5.00. The molecule has 0 bridgehead atoms. The molecule has 1 aromatic heterocycles. The van der Waals surface area contributed by atoms with Gasteiger partial charge in [0.05, 0.1) is 21.9 Å². The lowest BCUT2D eigenvalue weighted by atomic mass is 10.1. The molecule has 5 nitrogen and oxygen atoms in total. The molecule has 7 heteroatoms. The first-order chi connectivity index (χ1) is 8.52. The summed E-state index contributed by atoms with van der Waals surface area (Å²) in [7, 11) is 0. The minimum absolute atomic E-state index is 0. The number of nitrogens with one attached hydrogen (secondary N) is 1. The smallest absolute Gasteiger partial charge is 0.295 e. The van der Waals surface area contributed by atoms with Gasteiger partial charge >= 0.3 is 0 Å². The van der Waals surface area contributed by atoms with E-state index in [9.17, 15) is 10.1 Å². The Kier molecular flexibility index (Phi) is 7.78. The van der Waals surface area contributed by atoms with Gasteiger partial charge in [0, 0.05) is 6.54 Å². The predicted octanol–water partition coefficient (Wildman–Crippen LogP) is 3.37. The predicted molar refractivity (Wildman–Crippen MR) is 83.9 cm³/mol. The van der Waals surface area contributed by atoms with Crippen LogP contribution >= 0.6 is 24.2 Å². The highest BCUT2D eigenvalue weighted by Crippen LogP contribution is 2.32. The van der Waals surface area contributed by atoms with Gasteiger partial charge in [-0.2, -0.15) is 11.8 Å². The monoisotopic (exact) mass is 305 g/mol. The highest BCUT2D eigenvalue weighted by atomic mass is 35.5. The van der Waals surface area contributed by atoms with Gasteiger partial charge in [-0.3, -0.25) is 10.1 Å². The van der Waals surface area contributed by atoms with Crippen LogP contribution in [0.15, 0.2) is 0 Å². The SMILES string of the molecule is CCNc1c(C)nc(C)c([N+](=O)[O-])c1CCSC.Cl. The molecule has 0 aliphatic rings. The Hall–Kier alpha value is -1.01. The molecule has 0 atom stereocenters. The molecule has 0 fully saturated rings. The number of hydrogen-bond donors (Lipinski definition) is 1. The van der Waals surface area contributed by atoms with E-state index in [1.54, 1.807) is 18.7 Å². The second kappa shape index (κ2) is 8.22. The van der Waals surface area contributed by atoms with Crippen LogP contribution in [0.1, 0.15) is 23.9 Å². The van der Waals surface area contributed by atoms with Crippen molar-refractivity contribution in [2.75, 3.05) is 23.9 Å². The summed E-state index contributed by atoms with van der Waals surface area (Å²) in [4.78, 5) is 15.2. The molecule has 0 aliphatic carbocycles. The zero-order valence-corrected chi connectivity index (χ0v) is 13.3. The first kappa shape index (κ1) is 18.0. The molecule has 19 heavy (non-hydrogen) atoms. The number of thioether (sulfide) groups is 1. The molecule has 0 aromatic carbocycles. The fourth-order valence-electron chi connectivity index (χ4n) is 2.02. The van der Waals surface area contributed by atoms with Gasteiger partial charge in [-0.15, -0.1) is 12.4 Å². The zero-order valence-electron chi connectivity index (χ0n) is 11.6. The molecule has 0 unspecified atom stereocenters. The Balaban J connectivity index is 0.00000324. The third-order valence-electron chi connectivity index (χ3n) is 2.72. The molecular weight excluding hydrogens is 286 g/mol. The fourth-order valence-corrected chi connectivity index (χ4v) is 2.43. The lowest BCUT2D eigenvalue weighted by Crippen LogP contribution is -2.10. The number of aryl methyl sites for hydroxylation is 2. The molecule has 0 amide bonds. The van der Waals surface area contributed by atoms with Crippen molar-refractivity contribution in [3.8, 4) is 0 Å². The Morgan fingerprint density at radius 2 is 2.00 bits per heavy atom. The summed E-state index contributed by atoms with van der Waals surface area (Å²) in [5, 5.41) is 14.4. The molecule has 0 spiro atoms. The topological polar surface area (TPSA) is 68.1 Å². The van der Waals surface area contributed by atoms with E-state index in [1.807, 2.05) is 20.1 Å². The highest BCUT2D eigenvalue weighted by molar-refractivity contribution is 7.98. The van der Waals surface area contributed by atoms with Crippen molar-refractivity contribution in [3.05, 3.63) is 27.1 Å². The summed E-state index contributed by atoms with van der Waals surface area (Å²) < 4.78 is 0.